The zero-order chi connectivity index (χ0) is 15.4. The van der Waals surface area contributed by atoms with Crippen molar-refractivity contribution in [1.82, 2.24) is 0 Å². The fourth-order valence-electron chi connectivity index (χ4n) is 2.23. The van der Waals surface area contributed by atoms with Crippen LogP contribution in [0.3, 0.4) is 0 Å². The minimum Gasteiger partial charge on any atom is -0.463 e. The van der Waals surface area contributed by atoms with Gasteiger partial charge in [-0.2, -0.15) is 0 Å². The SMILES string of the molecule is C[C@@H]1OC(=O)C(N)COC(=O)[C@H](Cc2ccccc2)C1O. The lowest BCUT2D eigenvalue weighted by atomic mass is 9.91. The average Bonchev–Trinajstić information content (AvgIpc) is 2.51. The minimum atomic E-state index is -1.15. The highest BCUT2D eigenvalue weighted by Gasteiger charge is 2.37. The van der Waals surface area contributed by atoms with Gasteiger partial charge in [0.15, 0.2) is 0 Å². The van der Waals surface area contributed by atoms with Crippen molar-refractivity contribution in [1.29, 1.82) is 0 Å². The van der Waals surface area contributed by atoms with E-state index >= 15 is 0 Å². The van der Waals surface area contributed by atoms with Gasteiger partial charge in [0, 0.05) is 0 Å². The standard InChI is InChI=1S/C15H19NO5/c1-9-13(17)11(7-10-5-3-2-4-6-10)14(18)20-8-12(16)15(19)21-9/h2-6,9,11-13,17H,7-8,16H2,1H3/t9-,11+,12?,13?/m0/s1. The van der Waals surface area contributed by atoms with Crippen molar-refractivity contribution in [2.45, 2.75) is 31.6 Å². The Hall–Kier alpha value is -1.92. The van der Waals surface area contributed by atoms with Gasteiger partial charge in [-0.05, 0) is 18.9 Å². The molecule has 4 atom stereocenters. The van der Waals surface area contributed by atoms with Gasteiger partial charge in [-0.25, -0.2) is 0 Å². The summed E-state index contributed by atoms with van der Waals surface area (Å²) in [7, 11) is 0. The van der Waals surface area contributed by atoms with E-state index in [1.165, 1.54) is 6.92 Å². The third kappa shape index (κ3) is 3.80. The molecule has 0 saturated carbocycles. The number of nitrogens with two attached hydrogens (primary N) is 1. The van der Waals surface area contributed by atoms with Crippen molar-refractivity contribution >= 4 is 11.9 Å². The molecule has 1 aromatic rings. The fourth-order valence-corrected chi connectivity index (χ4v) is 2.23. The number of hydrogen-bond donors (Lipinski definition) is 2. The second-order valence-corrected chi connectivity index (χ2v) is 5.17. The van der Waals surface area contributed by atoms with E-state index in [0.717, 1.165) is 5.56 Å². The number of hydrogen-bond acceptors (Lipinski definition) is 6. The second-order valence-electron chi connectivity index (χ2n) is 5.17. The molecule has 1 heterocycles. The Labute approximate surface area is 122 Å². The Balaban J connectivity index is 2.20. The highest BCUT2D eigenvalue weighted by Crippen LogP contribution is 2.20. The van der Waals surface area contributed by atoms with Crippen LogP contribution in [0.4, 0.5) is 0 Å². The molecule has 0 amide bonds. The van der Waals surface area contributed by atoms with Crippen LogP contribution in [0.25, 0.3) is 0 Å². The zero-order valence-electron chi connectivity index (χ0n) is 11.8. The van der Waals surface area contributed by atoms with Gasteiger partial charge in [0.05, 0.1) is 5.92 Å². The van der Waals surface area contributed by atoms with Crippen molar-refractivity contribution in [3.8, 4) is 0 Å². The maximum atomic E-state index is 12.1. The highest BCUT2D eigenvalue weighted by molar-refractivity contribution is 5.78. The summed E-state index contributed by atoms with van der Waals surface area (Å²) in [6.07, 6.45) is -1.67. The first-order chi connectivity index (χ1) is 9.99. The number of aliphatic hydroxyl groups is 1. The van der Waals surface area contributed by atoms with Crippen molar-refractivity contribution < 1.29 is 24.2 Å². The maximum absolute atomic E-state index is 12.1. The first kappa shape index (κ1) is 15.5. The number of rotatable bonds is 2. The van der Waals surface area contributed by atoms with Crippen LogP contribution in [0.15, 0.2) is 30.3 Å². The Kier molecular flexibility index (Phi) is 4.93. The minimum absolute atomic E-state index is 0.248. The lowest BCUT2D eigenvalue weighted by molar-refractivity contribution is -0.158. The van der Waals surface area contributed by atoms with Crippen LogP contribution in [0.1, 0.15) is 12.5 Å². The molecule has 0 bridgehead atoms. The van der Waals surface area contributed by atoms with E-state index in [1.54, 1.807) is 0 Å². The predicted molar refractivity (Wildman–Crippen MR) is 74.1 cm³/mol. The van der Waals surface area contributed by atoms with E-state index in [2.05, 4.69) is 0 Å². The monoisotopic (exact) mass is 293 g/mol. The molecule has 6 heteroatoms. The number of benzene rings is 1. The summed E-state index contributed by atoms with van der Waals surface area (Å²) >= 11 is 0. The smallest absolute Gasteiger partial charge is 0.326 e. The third-order valence-electron chi connectivity index (χ3n) is 3.50. The first-order valence-electron chi connectivity index (χ1n) is 6.83. The summed E-state index contributed by atoms with van der Waals surface area (Å²) in [4.78, 5) is 23.7. The molecule has 0 spiro atoms. The molecule has 6 nitrogen and oxygen atoms in total. The molecule has 114 valence electrons. The van der Waals surface area contributed by atoms with Gasteiger partial charge in [-0.1, -0.05) is 30.3 Å². The molecule has 3 N–H and O–H groups in total. The van der Waals surface area contributed by atoms with Gasteiger partial charge in [-0.15, -0.1) is 0 Å². The number of carbonyl (C=O) groups excluding carboxylic acids is 2. The van der Waals surface area contributed by atoms with E-state index in [-0.39, 0.29) is 6.61 Å². The van der Waals surface area contributed by atoms with Gasteiger partial charge in [-0.3, -0.25) is 9.59 Å². The molecule has 1 saturated heterocycles. The molecule has 21 heavy (non-hydrogen) atoms. The number of carbonyl (C=O) groups is 2. The predicted octanol–water partition coefficient (Wildman–Crippen LogP) is 0.0220. The molecule has 2 unspecified atom stereocenters. The third-order valence-corrected chi connectivity index (χ3v) is 3.50. The average molecular weight is 293 g/mol. The Morgan fingerprint density at radius 2 is 1.90 bits per heavy atom. The van der Waals surface area contributed by atoms with Crippen LogP contribution in [0.2, 0.25) is 0 Å². The molecule has 1 fully saturated rings. The Bertz CT molecular complexity index is 504. The van der Waals surface area contributed by atoms with Crippen LogP contribution in [0, 0.1) is 5.92 Å². The van der Waals surface area contributed by atoms with Gasteiger partial charge in [0.2, 0.25) is 0 Å². The second kappa shape index (κ2) is 6.69. The Morgan fingerprint density at radius 3 is 2.57 bits per heavy atom. The first-order valence-corrected chi connectivity index (χ1v) is 6.83. The van der Waals surface area contributed by atoms with Gasteiger partial charge < -0.3 is 20.3 Å². The molecule has 0 aliphatic carbocycles. The lowest BCUT2D eigenvalue weighted by Gasteiger charge is -2.24. The fraction of sp³-hybridized carbons (Fsp3) is 0.467. The summed E-state index contributed by atoms with van der Waals surface area (Å²) < 4.78 is 10.1. The largest absolute Gasteiger partial charge is 0.463 e. The van der Waals surface area contributed by atoms with E-state index in [9.17, 15) is 14.7 Å². The van der Waals surface area contributed by atoms with Crippen LogP contribution in [-0.4, -0.2) is 41.9 Å². The topological polar surface area (TPSA) is 98.9 Å². The summed E-state index contributed by atoms with van der Waals surface area (Å²) in [6, 6.07) is 8.25. The van der Waals surface area contributed by atoms with E-state index in [4.69, 9.17) is 15.2 Å². The van der Waals surface area contributed by atoms with Crippen molar-refractivity contribution in [3.63, 3.8) is 0 Å². The maximum Gasteiger partial charge on any atom is 0.326 e. The number of cyclic esters (lactones) is 2. The normalized spacial score (nSPS) is 30.6. The van der Waals surface area contributed by atoms with Crippen LogP contribution in [-0.2, 0) is 25.5 Å². The summed E-state index contributed by atoms with van der Waals surface area (Å²) in [5.74, 6) is -2.07. The van der Waals surface area contributed by atoms with Gasteiger partial charge in [0.25, 0.3) is 0 Å². The number of aliphatic hydroxyl groups excluding tert-OH is 1. The summed E-state index contributed by atoms with van der Waals surface area (Å²) in [6.45, 7) is 1.29. The van der Waals surface area contributed by atoms with Crippen LogP contribution < -0.4 is 5.73 Å². The van der Waals surface area contributed by atoms with Gasteiger partial charge >= 0.3 is 11.9 Å². The zero-order valence-corrected chi connectivity index (χ0v) is 11.8. The van der Waals surface area contributed by atoms with Crippen molar-refractivity contribution in [2.24, 2.45) is 11.7 Å². The highest BCUT2D eigenvalue weighted by atomic mass is 16.6. The molecule has 0 aromatic heterocycles. The van der Waals surface area contributed by atoms with Crippen LogP contribution >= 0.6 is 0 Å². The molecule has 1 aliphatic heterocycles. The van der Waals surface area contributed by atoms with E-state index in [1.807, 2.05) is 30.3 Å². The van der Waals surface area contributed by atoms with E-state index in [0.29, 0.717) is 6.42 Å². The summed E-state index contributed by atoms with van der Waals surface area (Å²) in [5.41, 5.74) is 6.44. The van der Waals surface area contributed by atoms with Crippen molar-refractivity contribution in [3.05, 3.63) is 35.9 Å². The van der Waals surface area contributed by atoms with Crippen LogP contribution in [0.5, 0.6) is 0 Å². The molecule has 2 rings (SSSR count). The molecular formula is C15H19NO5. The van der Waals surface area contributed by atoms with Crippen molar-refractivity contribution in [2.75, 3.05) is 6.61 Å². The molecular weight excluding hydrogens is 274 g/mol. The lowest BCUT2D eigenvalue weighted by Crippen LogP contribution is -2.41. The molecule has 0 radical (unpaired) electrons. The molecule has 1 aromatic carbocycles. The summed E-state index contributed by atoms with van der Waals surface area (Å²) in [5, 5.41) is 10.3. The molecule has 1 aliphatic rings. The Morgan fingerprint density at radius 1 is 1.24 bits per heavy atom. The number of esters is 2. The van der Waals surface area contributed by atoms with Gasteiger partial charge in [0.1, 0.15) is 24.9 Å². The number of ether oxygens (including phenoxy) is 2. The quantitative estimate of drug-likeness (QED) is 0.746. The van der Waals surface area contributed by atoms with E-state index < -0.39 is 36.1 Å².